The smallest absolute Gasteiger partial charge is 0.306 e. The molecule has 1 N–H and O–H groups in total. The van der Waals surface area contributed by atoms with E-state index in [2.05, 4.69) is 0 Å². The van der Waals surface area contributed by atoms with Gasteiger partial charge in [0.1, 0.15) is 0 Å². The second-order valence-corrected chi connectivity index (χ2v) is 4.09. The summed E-state index contributed by atoms with van der Waals surface area (Å²) in [7, 11) is 1.61. The second-order valence-electron chi connectivity index (χ2n) is 4.09. The maximum atomic E-state index is 11.7. The lowest BCUT2D eigenvalue weighted by atomic mass is 9.97. The summed E-state index contributed by atoms with van der Waals surface area (Å²) in [6.07, 6.45) is 2.37. The number of carboxylic acid groups (broad SMARTS) is 1. The van der Waals surface area contributed by atoms with Crippen molar-refractivity contribution in [1.29, 1.82) is 0 Å². The summed E-state index contributed by atoms with van der Waals surface area (Å²) >= 11 is 0. The predicted molar refractivity (Wildman–Crippen MR) is 58.0 cm³/mol. The number of piperidine rings is 1. The first-order valence-corrected chi connectivity index (χ1v) is 5.64. The summed E-state index contributed by atoms with van der Waals surface area (Å²) in [5, 5.41) is 8.82. The Kier molecular flexibility index (Phi) is 5.25. The fourth-order valence-corrected chi connectivity index (χ4v) is 1.90. The Morgan fingerprint density at radius 3 is 2.50 bits per heavy atom. The summed E-state index contributed by atoms with van der Waals surface area (Å²) in [4.78, 5) is 24.2. The van der Waals surface area contributed by atoms with Crippen molar-refractivity contribution in [1.82, 2.24) is 4.90 Å². The number of carbonyl (C=O) groups is 2. The van der Waals surface area contributed by atoms with Crippen molar-refractivity contribution in [3.63, 3.8) is 0 Å². The largest absolute Gasteiger partial charge is 0.481 e. The molecule has 0 bridgehead atoms. The van der Waals surface area contributed by atoms with E-state index >= 15 is 0 Å². The van der Waals surface area contributed by atoms with Gasteiger partial charge in [-0.25, -0.2) is 0 Å². The topological polar surface area (TPSA) is 66.8 Å². The maximum absolute atomic E-state index is 11.7. The first-order chi connectivity index (χ1) is 7.65. The molecule has 0 aliphatic carbocycles. The number of carbonyl (C=O) groups excluding carboxylic acids is 1. The fourth-order valence-electron chi connectivity index (χ4n) is 1.90. The Morgan fingerprint density at radius 2 is 2.00 bits per heavy atom. The van der Waals surface area contributed by atoms with Crippen LogP contribution in [0.1, 0.15) is 25.7 Å². The van der Waals surface area contributed by atoms with Crippen LogP contribution in [-0.4, -0.2) is 48.7 Å². The number of likely N-dealkylation sites (tertiary alicyclic amines) is 1. The molecular weight excluding hydrogens is 210 g/mol. The molecule has 1 fully saturated rings. The number of methoxy groups -OCH3 is 1. The molecule has 16 heavy (non-hydrogen) atoms. The van der Waals surface area contributed by atoms with Crippen LogP contribution >= 0.6 is 0 Å². The Morgan fingerprint density at radius 1 is 1.38 bits per heavy atom. The Balaban J connectivity index is 2.25. The van der Waals surface area contributed by atoms with E-state index in [0.717, 1.165) is 6.42 Å². The van der Waals surface area contributed by atoms with E-state index in [1.54, 1.807) is 12.0 Å². The highest BCUT2D eigenvalue weighted by atomic mass is 16.5. The SMILES string of the molecule is COCCCC(=O)N1CCC(C(=O)O)CC1. The molecule has 1 amide bonds. The van der Waals surface area contributed by atoms with Gasteiger partial charge in [-0.1, -0.05) is 0 Å². The molecule has 0 radical (unpaired) electrons. The van der Waals surface area contributed by atoms with Crippen LogP contribution in [0.15, 0.2) is 0 Å². The molecule has 1 heterocycles. The van der Waals surface area contributed by atoms with Crippen LogP contribution in [0.3, 0.4) is 0 Å². The fraction of sp³-hybridized carbons (Fsp3) is 0.818. The average molecular weight is 229 g/mol. The molecule has 1 aliphatic heterocycles. The van der Waals surface area contributed by atoms with Gasteiger partial charge in [0.05, 0.1) is 5.92 Å². The summed E-state index contributed by atoms with van der Waals surface area (Å²) < 4.78 is 4.88. The second kappa shape index (κ2) is 6.48. The first-order valence-electron chi connectivity index (χ1n) is 5.64. The minimum atomic E-state index is -0.744. The van der Waals surface area contributed by atoms with Gasteiger partial charge < -0.3 is 14.7 Å². The molecule has 0 unspecified atom stereocenters. The van der Waals surface area contributed by atoms with Crippen molar-refractivity contribution in [3.05, 3.63) is 0 Å². The summed E-state index contributed by atoms with van der Waals surface area (Å²) in [5.41, 5.74) is 0. The molecule has 0 aromatic heterocycles. The third-order valence-corrected chi connectivity index (χ3v) is 2.94. The Labute approximate surface area is 95.4 Å². The van der Waals surface area contributed by atoms with E-state index in [-0.39, 0.29) is 11.8 Å². The van der Waals surface area contributed by atoms with Crippen LogP contribution < -0.4 is 0 Å². The van der Waals surface area contributed by atoms with Gasteiger partial charge in [0.15, 0.2) is 0 Å². The third-order valence-electron chi connectivity index (χ3n) is 2.94. The zero-order valence-electron chi connectivity index (χ0n) is 9.65. The number of hydrogen-bond acceptors (Lipinski definition) is 3. The Bertz CT molecular complexity index is 246. The van der Waals surface area contributed by atoms with E-state index < -0.39 is 5.97 Å². The molecule has 1 rings (SSSR count). The highest BCUT2D eigenvalue weighted by Gasteiger charge is 2.26. The number of aliphatic carboxylic acids is 1. The molecule has 0 spiro atoms. The van der Waals surface area contributed by atoms with Crippen molar-refractivity contribution in [2.75, 3.05) is 26.8 Å². The number of amides is 1. The number of rotatable bonds is 5. The molecule has 0 atom stereocenters. The van der Waals surface area contributed by atoms with Crippen LogP contribution in [0, 0.1) is 5.92 Å². The van der Waals surface area contributed by atoms with Crippen molar-refractivity contribution in [2.45, 2.75) is 25.7 Å². The van der Waals surface area contributed by atoms with Crippen LogP contribution in [0.2, 0.25) is 0 Å². The van der Waals surface area contributed by atoms with Gasteiger partial charge >= 0.3 is 5.97 Å². The summed E-state index contributed by atoms with van der Waals surface area (Å²) in [6, 6.07) is 0. The average Bonchev–Trinajstić information content (AvgIpc) is 2.29. The van der Waals surface area contributed by atoms with Gasteiger partial charge in [0.25, 0.3) is 0 Å². The highest BCUT2D eigenvalue weighted by Crippen LogP contribution is 2.18. The third kappa shape index (κ3) is 3.81. The number of nitrogens with zero attached hydrogens (tertiary/aromatic N) is 1. The molecule has 1 aliphatic rings. The molecular formula is C11H19NO4. The van der Waals surface area contributed by atoms with Gasteiger partial charge in [-0.2, -0.15) is 0 Å². The van der Waals surface area contributed by atoms with E-state index in [0.29, 0.717) is 39.0 Å². The summed E-state index contributed by atoms with van der Waals surface area (Å²) in [5.74, 6) is -0.907. The minimum absolute atomic E-state index is 0.112. The first kappa shape index (κ1) is 13.0. The van der Waals surface area contributed by atoms with Crippen LogP contribution in [0.5, 0.6) is 0 Å². The quantitative estimate of drug-likeness (QED) is 0.706. The standard InChI is InChI=1S/C11H19NO4/c1-16-8-2-3-10(13)12-6-4-9(5-7-12)11(14)15/h9H,2-8H2,1H3,(H,14,15). The highest BCUT2D eigenvalue weighted by molar-refractivity contribution is 5.77. The molecule has 0 aromatic rings. The van der Waals surface area contributed by atoms with E-state index in [9.17, 15) is 9.59 Å². The molecule has 1 saturated heterocycles. The Hall–Kier alpha value is -1.10. The van der Waals surface area contributed by atoms with Crippen LogP contribution in [0.25, 0.3) is 0 Å². The van der Waals surface area contributed by atoms with Crippen molar-refractivity contribution in [3.8, 4) is 0 Å². The molecule has 0 aromatic carbocycles. The number of ether oxygens (including phenoxy) is 1. The van der Waals surface area contributed by atoms with Crippen molar-refractivity contribution < 1.29 is 19.4 Å². The molecule has 5 nitrogen and oxygen atoms in total. The monoisotopic (exact) mass is 229 g/mol. The van der Waals surface area contributed by atoms with Gasteiger partial charge in [-0.3, -0.25) is 9.59 Å². The van der Waals surface area contributed by atoms with E-state index in [1.165, 1.54) is 0 Å². The normalized spacial score (nSPS) is 17.4. The van der Waals surface area contributed by atoms with Gasteiger partial charge in [-0.15, -0.1) is 0 Å². The van der Waals surface area contributed by atoms with Crippen LogP contribution in [-0.2, 0) is 14.3 Å². The molecule has 92 valence electrons. The van der Waals surface area contributed by atoms with E-state index in [4.69, 9.17) is 9.84 Å². The summed E-state index contributed by atoms with van der Waals surface area (Å²) in [6.45, 7) is 1.74. The maximum Gasteiger partial charge on any atom is 0.306 e. The van der Waals surface area contributed by atoms with Gasteiger partial charge in [-0.05, 0) is 19.3 Å². The number of carboxylic acids is 1. The van der Waals surface area contributed by atoms with Crippen molar-refractivity contribution >= 4 is 11.9 Å². The lowest BCUT2D eigenvalue weighted by Crippen LogP contribution is -2.40. The lowest BCUT2D eigenvalue weighted by molar-refractivity contribution is -0.145. The number of hydrogen-bond donors (Lipinski definition) is 1. The molecule has 5 heteroatoms. The van der Waals surface area contributed by atoms with E-state index in [1.807, 2.05) is 0 Å². The van der Waals surface area contributed by atoms with Crippen molar-refractivity contribution in [2.24, 2.45) is 5.92 Å². The van der Waals surface area contributed by atoms with Gasteiger partial charge in [0.2, 0.25) is 5.91 Å². The van der Waals surface area contributed by atoms with Gasteiger partial charge in [0, 0.05) is 33.2 Å². The zero-order valence-corrected chi connectivity index (χ0v) is 9.65. The zero-order chi connectivity index (χ0) is 12.0. The lowest BCUT2D eigenvalue weighted by Gasteiger charge is -2.30. The van der Waals surface area contributed by atoms with Crippen LogP contribution in [0.4, 0.5) is 0 Å². The minimum Gasteiger partial charge on any atom is -0.481 e. The molecule has 0 saturated carbocycles. The predicted octanol–water partition coefficient (Wildman–Crippen LogP) is 0.736.